The average Bonchev–Trinajstić information content (AvgIpc) is 2.94. The number of hydrogen-bond donors (Lipinski definition) is 2. The number of carbonyl (C=O) groups excluding carboxylic acids is 1. The molecule has 1 unspecified atom stereocenters. The first kappa shape index (κ1) is 16.4. The van der Waals surface area contributed by atoms with Gasteiger partial charge < -0.3 is 16.0 Å². The number of nitrogens with two attached hydrogens (primary N) is 1. The van der Waals surface area contributed by atoms with Gasteiger partial charge >= 0.3 is 0 Å². The minimum absolute atomic E-state index is 0.0683. The maximum atomic E-state index is 12.0. The number of hydrogen-bond acceptors (Lipinski definition) is 5. The molecule has 1 amide bonds. The topological polar surface area (TPSA) is 71.2 Å². The molecule has 0 aliphatic carbocycles. The number of amides is 1. The van der Waals surface area contributed by atoms with Crippen molar-refractivity contribution in [1.29, 1.82) is 0 Å². The largest absolute Gasteiger partial charge is 0.351 e. The van der Waals surface area contributed by atoms with Gasteiger partial charge in [0.1, 0.15) is 5.69 Å². The van der Waals surface area contributed by atoms with Gasteiger partial charge in [0.05, 0.1) is 5.01 Å². The van der Waals surface area contributed by atoms with Gasteiger partial charge in [0.25, 0.3) is 5.91 Å². The Kier molecular flexibility index (Phi) is 6.60. The number of rotatable bonds is 7. The van der Waals surface area contributed by atoms with Crippen LogP contribution in [0.5, 0.6) is 0 Å². The van der Waals surface area contributed by atoms with Crippen molar-refractivity contribution in [2.45, 2.75) is 45.1 Å². The second-order valence-corrected chi connectivity index (χ2v) is 6.60. The van der Waals surface area contributed by atoms with Crippen LogP contribution >= 0.6 is 11.3 Å². The molecule has 1 aliphatic heterocycles. The van der Waals surface area contributed by atoms with Crippen molar-refractivity contribution in [3.63, 3.8) is 0 Å². The zero-order chi connectivity index (χ0) is 15.1. The van der Waals surface area contributed by atoms with Crippen LogP contribution in [-0.2, 0) is 6.42 Å². The van der Waals surface area contributed by atoms with Crippen molar-refractivity contribution in [2.75, 3.05) is 26.2 Å². The second-order valence-electron chi connectivity index (χ2n) is 5.66. The summed E-state index contributed by atoms with van der Waals surface area (Å²) in [6.07, 6.45) is 5.69. The van der Waals surface area contributed by atoms with Gasteiger partial charge in [-0.3, -0.25) is 4.79 Å². The van der Waals surface area contributed by atoms with Gasteiger partial charge in [-0.2, -0.15) is 0 Å². The van der Waals surface area contributed by atoms with Crippen molar-refractivity contribution in [3.05, 3.63) is 16.1 Å². The standard InChI is InChI=1S/C15H26N4OS/c1-12-5-2-3-9-19(12)10-4-8-17-15(20)13-11-21-14(18-13)6-7-16/h11-12H,2-10,16H2,1H3,(H,17,20). The van der Waals surface area contributed by atoms with Gasteiger partial charge in [0.2, 0.25) is 0 Å². The molecule has 1 aromatic rings. The second kappa shape index (κ2) is 8.46. The Hall–Kier alpha value is -0.980. The van der Waals surface area contributed by atoms with E-state index in [1.165, 1.54) is 37.1 Å². The fourth-order valence-corrected chi connectivity index (χ4v) is 3.51. The van der Waals surface area contributed by atoms with Gasteiger partial charge in [-0.25, -0.2) is 4.98 Å². The van der Waals surface area contributed by atoms with Crippen LogP contribution in [0.25, 0.3) is 0 Å². The summed E-state index contributed by atoms with van der Waals surface area (Å²) in [5.74, 6) is -0.0683. The maximum absolute atomic E-state index is 12.0. The Balaban J connectivity index is 1.66. The summed E-state index contributed by atoms with van der Waals surface area (Å²) in [6, 6.07) is 0.687. The van der Waals surface area contributed by atoms with E-state index in [0.29, 0.717) is 24.8 Å². The molecule has 0 saturated carbocycles. The van der Waals surface area contributed by atoms with Crippen molar-refractivity contribution >= 4 is 17.2 Å². The van der Waals surface area contributed by atoms with E-state index in [-0.39, 0.29) is 5.91 Å². The normalized spacial score (nSPS) is 19.6. The number of nitrogens with one attached hydrogen (secondary N) is 1. The van der Waals surface area contributed by atoms with Gasteiger partial charge in [0, 0.05) is 30.9 Å². The Morgan fingerprint density at radius 3 is 3.19 bits per heavy atom. The number of nitrogens with zero attached hydrogens (tertiary/aromatic N) is 2. The van der Waals surface area contributed by atoms with Crippen LogP contribution in [0.1, 0.15) is 48.1 Å². The predicted molar refractivity (Wildman–Crippen MR) is 86.7 cm³/mol. The minimum atomic E-state index is -0.0683. The van der Waals surface area contributed by atoms with Crippen LogP contribution in [-0.4, -0.2) is 48.0 Å². The van der Waals surface area contributed by atoms with Crippen molar-refractivity contribution in [2.24, 2.45) is 5.73 Å². The summed E-state index contributed by atoms with van der Waals surface area (Å²) in [4.78, 5) is 18.8. The predicted octanol–water partition coefficient (Wildman–Crippen LogP) is 1.64. The van der Waals surface area contributed by atoms with E-state index in [1.54, 1.807) is 0 Å². The highest BCUT2D eigenvalue weighted by atomic mass is 32.1. The molecule has 0 radical (unpaired) electrons. The van der Waals surface area contributed by atoms with E-state index >= 15 is 0 Å². The first-order valence-corrected chi connectivity index (χ1v) is 8.75. The van der Waals surface area contributed by atoms with Crippen LogP contribution in [0.15, 0.2) is 5.38 Å². The molecule has 1 atom stereocenters. The molecule has 1 fully saturated rings. The van der Waals surface area contributed by atoms with Crippen LogP contribution in [0.3, 0.4) is 0 Å². The zero-order valence-corrected chi connectivity index (χ0v) is 13.6. The maximum Gasteiger partial charge on any atom is 0.270 e. The third-order valence-corrected chi connectivity index (χ3v) is 4.90. The highest BCUT2D eigenvalue weighted by molar-refractivity contribution is 7.09. The lowest BCUT2D eigenvalue weighted by Gasteiger charge is -2.33. The molecule has 118 valence electrons. The molecule has 3 N–H and O–H groups in total. The monoisotopic (exact) mass is 310 g/mol. The Morgan fingerprint density at radius 1 is 1.57 bits per heavy atom. The van der Waals surface area contributed by atoms with Crippen molar-refractivity contribution in [1.82, 2.24) is 15.2 Å². The molecule has 0 aromatic carbocycles. The smallest absolute Gasteiger partial charge is 0.270 e. The van der Waals surface area contributed by atoms with Gasteiger partial charge in [-0.05, 0) is 39.3 Å². The highest BCUT2D eigenvalue weighted by Crippen LogP contribution is 2.16. The molecule has 0 bridgehead atoms. The summed E-state index contributed by atoms with van der Waals surface area (Å²) >= 11 is 1.50. The number of likely N-dealkylation sites (tertiary alicyclic amines) is 1. The molecule has 0 spiro atoms. The zero-order valence-electron chi connectivity index (χ0n) is 12.8. The molecule has 6 heteroatoms. The summed E-state index contributed by atoms with van der Waals surface area (Å²) < 4.78 is 0. The van der Waals surface area contributed by atoms with Crippen LogP contribution in [0.4, 0.5) is 0 Å². The lowest BCUT2D eigenvalue weighted by molar-refractivity contribution is 0.0944. The quantitative estimate of drug-likeness (QED) is 0.751. The summed E-state index contributed by atoms with van der Waals surface area (Å²) in [7, 11) is 0. The van der Waals surface area contributed by atoms with Crippen LogP contribution < -0.4 is 11.1 Å². The van der Waals surface area contributed by atoms with Crippen molar-refractivity contribution in [3.8, 4) is 0 Å². The first-order chi connectivity index (χ1) is 10.2. The molecular formula is C15H26N4OS. The third-order valence-electron chi connectivity index (χ3n) is 3.99. The van der Waals surface area contributed by atoms with E-state index in [0.717, 1.165) is 24.4 Å². The summed E-state index contributed by atoms with van der Waals surface area (Å²) in [5.41, 5.74) is 6.01. The number of thiazole rings is 1. The highest BCUT2D eigenvalue weighted by Gasteiger charge is 2.17. The minimum Gasteiger partial charge on any atom is -0.351 e. The Morgan fingerprint density at radius 2 is 2.43 bits per heavy atom. The lowest BCUT2D eigenvalue weighted by Crippen LogP contribution is -2.39. The molecule has 1 aromatic heterocycles. The van der Waals surface area contributed by atoms with Crippen molar-refractivity contribution < 1.29 is 4.79 Å². The summed E-state index contributed by atoms with van der Waals surface area (Å²) in [6.45, 7) is 5.85. The molecule has 2 rings (SSSR count). The summed E-state index contributed by atoms with van der Waals surface area (Å²) in [5, 5.41) is 5.70. The number of piperidine rings is 1. The third kappa shape index (κ3) is 5.05. The Labute approximate surface area is 130 Å². The van der Waals surface area contributed by atoms with E-state index in [4.69, 9.17) is 5.73 Å². The van der Waals surface area contributed by atoms with Gasteiger partial charge in [0.15, 0.2) is 0 Å². The molecule has 1 saturated heterocycles. The fourth-order valence-electron chi connectivity index (χ4n) is 2.72. The SMILES string of the molecule is CC1CCCCN1CCCNC(=O)c1csc(CCN)n1. The average molecular weight is 310 g/mol. The molecule has 1 aliphatic rings. The number of carbonyl (C=O) groups is 1. The van der Waals surface area contributed by atoms with E-state index in [9.17, 15) is 4.79 Å². The van der Waals surface area contributed by atoms with E-state index < -0.39 is 0 Å². The molecule has 2 heterocycles. The lowest BCUT2D eigenvalue weighted by atomic mass is 10.0. The molecule has 5 nitrogen and oxygen atoms in total. The Bertz CT molecular complexity index is 449. The molecule has 21 heavy (non-hydrogen) atoms. The van der Waals surface area contributed by atoms with Crippen LogP contribution in [0.2, 0.25) is 0 Å². The van der Waals surface area contributed by atoms with E-state index in [1.807, 2.05) is 5.38 Å². The fraction of sp³-hybridized carbons (Fsp3) is 0.733. The molecular weight excluding hydrogens is 284 g/mol. The van der Waals surface area contributed by atoms with E-state index in [2.05, 4.69) is 22.1 Å². The first-order valence-electron chi connectivity index (χ1n) is 7.87. The van der Waals surface area contributed by atoms with Gasteiger partial charge in [-0.15, -0.1) is 11.3 Å². The van der Waals surface area contributed by atoms with Gasteiger partial charge in [-0.1, -0.05) is 6.42 Å². The van der Waals surface area contributed by atoms with Crippen LogP contribution in [0, 0.1) is 0 Å². The number of aromatic nitrogens is 1.